The highest BCUT2D eigenvalue weighted by atomic mass is 16.6. The van der Waals surface area contributed by atoms with E-state index in [-0.39, 0.29) is 17.3 Å². The summed E-state index contributed by atoms with van der Waals surface area (Å²) < 4.78 is 11.1. The van der Waals surface area contributed by atoms with Crippen molar-refractivity contribution in [2.75, 3.05) is 12.3 Å². The number of rotatable bonds is 9. The number of hydrogen-bond acceptors (Lipinski definition) is 10. The van der Waals surface area contributed by atoms with Gasteiger partial charge >= 0.3 is 5.97 Å². The molecule has 30 heavy (non-hydrogen) atoms. The van der Waals surface area contributed by atoms with E-state index in [1.165, 1.54) is 10.9 Å². The fraction of sp³-hybridized carbons (Fsp3) is 0.235. The molecular formula is C17H18N8O5. The van der Waals surface area contributed by atoms with Gasteiger partial charge in [-0.15, -0.1) is 5.10 Å². The summed E-state index contributed by atoms with van der Waals surface area (Å²) in [5.41, 5.74) is 9.06. The number of ether oxygens (including phenoxy) is 1. The third-order valence-corrected chi connectivity index (χ3v) is 3.80. The lowest BCUT2D eigenvalue weighted by Crippen LogP contribution is -2.20. The van der Waals surface area contributed by atoms with Crippen LogP contribution in [0.15, 0.2) is 34.0 Å². The molecule has 13 heteroatoms. The van der Waals surface area contributed by atoms with Gasteiger partial charge in [0.1, 0.15) is 5.75 Å². The summed E-state index contributed by atoms with van der Waals surface area (Å²) in [6.07, 6.45) is 2.51. The summed E-state index contributed by atoms with van der Waals surface area (Å²) in [6.45, 7) is 1.43. The predicted octanol–water partition coefficient (Wildman–Crippen LogP) is 0.412. The third kappa shape index (κ3) is 4.57. The molecule has 0 saturated heterocycles. The van der Waals surface area contributed by atoms with Crippen LogP contribution in [0, 0.1) is 0 Å². The molecule has 1 amide bonds. The van der Waals surface area contributed by atoms with Gasteiger partial charge in [-0.05, 0) is 28.9 Å². The van der Waals surface area contributed by atoms with Crippen LogP contribution in [0.3, 0.4) is 0 Å². The Bertz CT molecular complexity index is 1070. The number of benzene rings is 1. The first-order valence-corrected chi connectivity index (χ1v) is 8.81. The Hall–Kier alpha value is -4.29. The van der Waals surface area contributed by atoms with E-state index in [0.717, 1.165) is 0 Å². The minimum absolute atomic E-state index is 0.0141. The zero-order valence-corrected chi connectivity index (χ0v) is 15.8. The number of anilines is 1. The average Bonchev–Trinajstić information content (AvgIpc) is 3.33. The van der Waals surface area contributed by atoms with Gasteiger partial charge in [0.25, 0.3) is 5.91 Å². The van der Waals surface area contributed by atoms with Crippen LogP contribution < -0.4 is 15.9 Å². The molecule has 1 aromatic carbocycles. The second-order valence-electron chi connectivity index (χ2n) is 5.94. The Kier molecular flexibility index (Phi) is 6.32. The van der Waals surface area contributed by atoms with Gasteiger partial charge in [-0.1, -0.05) is 30.7 Å². The van der Waals surface area contributed by atoms with E-state index in [1.807, 2.05) is 6.92 Å². The molecule has 0 spiro atoms. The highest BCUT2D eigenvalue weighted by Gasteiger charge is 2.23. The summed E-state index contributed by atoms with van der Waals surface area (Å²) in [7, 11) is 0. The molecule has 0 fully saturated rings. The number of aromatic nitrogens is 5. The molecule has 0 unspecified atom stereocenters. The number of amides is 1. The van der Waals surface area contributed by atoms with Crippen LogP contribution in [0.5, 0.6) is 5.75 Å². The topological polar surface area (TPSA) is 184 Å². The van der Waals surface area contributed by atoms with E-state index in [0.29, 0.717) is 29.8 Å². The SMILES string of the molecule is CCCc1c(C(=O)N/N=C\c2ccccc2OCC(=O)O)nnn1-c1nonc1N. The monoisotopic (exact) mass is 414 g/mol. The summed E-state index contributed by atoms with van der Waals surface area (Å²) in [5.74, 6) is -1.24. The maximum Gasteiger partial charge on any atom is 0.341 e. The second kappa shape index (κ2) is 9.27. The summed E-state index contributed by atoms with van der Waals surface area (Å²) in [5, 5.41) is 27.6. The van der Waals surface area contributed by atoms with Crippen molar-refractivity contribution >= 4 is 23.9 Å². The standard InChI is InChI=1S/C17H18N8O5/c1-2-5-11-14(20-24-25(11)16-15(18)22-30-23-16)17(28)21-19-8-10-6-3-4-7-12(10)29-9-13(26)27/h3-4,6-8H,2,5,9H2,1H3,(H2,18,22)(H,21,28)(H,26,27)/b19-8-. The van der Waals surface area contributed by atoms with Crippen LogP contribution in [0.4, 0.5) is 5.82 Å². The number of hydrazone groups is 1. The first kappa shape index (κ1) is 20.4. The average molecular weight is 414 g/mol. The van der Waals surface area contributed by atoms with Crippen LogP contribution in [0.25, 0.3) is 5.82 Å². The minimum Gasteiger partial charge on any atom is -0.481 e. The van der Waals surface area contributed by atoms with Gasteiger partial charge in [-0.25, -0.2) is 14.8 Å². The lowest BCUT2D eigenvalue weighted by Gasteiger charge is -2.06. The van der Waals surface area contributed by atoms with Crippen LogP contribution in [0.2, 0.25) is 0 Å². The summed E-state index contributed by atoms with van der Waals surface area (Å²) in [4.78, 5) is 23.2. The van der Waals surface area contributed by atoms with Crippen molar-refractivity contribution < 1.29 is 24.1 Å². The molecular weight excluding hydrogens is 396 g/mol. The molecule has 2 heterocycles. The molecule has 0 bridgehead atoms. The molecule has 4 N–H and O–H groups in total. The van der Waals surface area contributed by atoms with E-state index in [2.05, 4.69) is 35.8 Å². The van der Waals surface area contributed by atoms with E-state index in [4.69, 9.17) is 15.6 Å². The van der Waals surface area contributed by atoms with Crippen LogP contribution in [-0.2, 0) is 11.2 Å². The molecule has 13 nitrogen and oxygen atoms in total. The predicted molar refractivity (Wildman–Crippen MR) is 102 cm³/mol. The molecule has 156 valence electrons. The van der Waals surface area contributed by atoms with Gasteiger partial charge in [-0.3, -0.25) is 4.79 Å². The number of nitrogens with zero attached hydrogens (tertiary/aromatic N) is 6. The van der Waals surface area contributed by atoms with E-state index < -0.39 is 18.5 Å². The van der Waals surface area contributed by atoms with Gasteiger partial charge in [0.2, 0.25) is 11.6 Å². The van der Waals surface area contributed by atoms with E-state index in [1.54, 1.807) is 24.3 Å². The molecule has 2 aromatic heterocycles. The lowest BCUT2D eigenvalue weighted by atomic mass is 10.2. The number of hydrogen-bond donors (Lipinski definition) is 3. The maximum atomic E-state index is 12.6. The summed E-state index contributed by atoms with van der Waals surface area (Å²) >= 11 is 0. The van der Waals surface area contributed by atoms with Crippen molar-refractivity contribution in [3.8, 4) is 11.6 Å². The quantitative estimate of drug-likeness (QED) is 0.327. The number of nitrogens with two attached hydrogens (primary N) is 1. The maximum absolute atomic E-state index is 12.6. The Balaban J connectivity index is 1.77. The van der Waals surface area contributed by atoms with E-state index in [9.17, 15) is 9.59 Å². The van der Waals surface area contributed by atoms with Crippen molar-refractivity contribution in [3.63, 3.8) is 0 Å². The number of carboxylic acid groups (broad SMARTS) is 1. The highest BCUT2D eigenvalue weighted by Crippen LogP contribution is 2.18. The van der Waals surface area contributed by atoms with Crippen molar-refractivity contribution in [2.24, 2.45) is 5.10 Å². The van der Waals surface area contributed by atoms with Gasteiger partial charge in [-0.2, -0.15) is 9.78 Å². The number of aliphatic carboxylic acids is 1. The molecule has 0 aliphatic carbocycles. The zero-order chi connectivity index (χ0) is 21.5. The molecule has 0 radical (unpaired) electrons. The van der Waals surface area contributed by atoms with Gasteiger partial charge in [0.05, 0.1) is 11.9 Å². The molecule has 0 aliphatic rings. The first-order chi connectivity index (χ1) is 14.5. The fourth-order valence-electron chi connectivity index (χ4n) is 2.52. The van der Waals surface area contributed by atoms with Crippen LogP contribution >= 0.6 is 0 Å². The number of nitrogens with one attached hydrogen (secondary N) is 1. The third-order valence-electron chi connectivity index (χ3n) is 3.80. The number of para-hydroxylation sites is 1. The Morgan fingerprint density at radius 1 is 1.37 bits per heavy atom. The molecule has 3 rings (SSSR count). The van der Waals surface area contributed by atoms with Crippen LogP contribution in [0.1, 0.15) is 35.1 Å². The largest absolute Gasteiger partial charge is 0.481 e. The van der Waals surface area contributed by atoms with Crippen molar-refractivity contribution in [2.45, 2.75) is 19.8 Å². The minimum atomic E-state index is -1.11. The van der Waals surface area contributed by atoms with Crippen molar-refractivity contribution in [3.05, 3.63) is 41.2 Å². The van der Waals surface area contributed by atoms with Crippen molar-refractivity contribution in [1.29, 1.82) is 0 Å². The molecule has 0 saturated carbocycles. The summed E-state index contributed by atoms with van der Waals surface area (Å²) in [6, 6.07) is 6.66. The van der Waals surface area contributed by atoms with Crippen molar-refractivity contribution in [1.82, 2.24) is 30.7 Å². The normalized spacial score (nSPS) is 11.0. The van der Waals surface area contributed by atoms with E-state index >= 15 is 0 Å². The highest BCUT2D eigenvalue weighted by molar-refractivity contribution is 5.94. The number of carboxylic acids is 1. The smallest absolute Gasteiger partial charge is 0.341 e. The van der Waals surface area contributed by atoms with Crippen LogP contribution in [-0.4, -0.2) is 55.1 Å². The Morgan fingerprint density at radius 3 is 2.87 bits per heavy atom. The van der Waals surface area contributed by atoms with Gasteiger partial charge in [0.15, 0.2) is 12.3 Å². The van der Waals surface area contributed by atoms with Gasteiger partial charge < -0.3 is 15.6 Å². The molecule has 3 aromatic rings. The molecule has 0 aliphatic heterocycles. The number of nitrogen functional groups attached to an aromatic ring is 1. The number of carbonyl (C=O) groups is 2. The fourth-order valence-corrected chi connectivity index (χ4v) is 2.52. The Morgan fingerprint density at radius 2 is 2.17 bits per heavy atom. The van der Waals surface area contributed by atoms with Gasteiger partial charge in [0, 0.05) is 5.56 Å². The zero-order valence-electron chi connectivity index (χ0n) is 15.8. The number of carbonyl (C=O) groups excluding carboxylic acids is 1. The lowest BCUT2D eigenvalue weighted by molar-refractivity contribution is -0.139. The second-order valence-corrected chi connectivity index (χ2v) is 5.94. The molecule has 0 atom stereocenters. The first-order valence-electron chi connectivity index (χ1n) is 8.81. The Labute approximate surface area is 169 Å².